The summed E-state index contributed by atoms with van der Waals surface area (Å²) in [5, 5.41) is 0. The van der Waals surface area contributed by atoms with Crippen molar-refractivity contribution in [1.82, 2.24) is 9.38 Å². The first-order valence-electron chi connectivity index (χ1n) is 3.05. The Balaban J connectivity index is 2.91. The molecular formula is C7H4BrIN2. The van der Waals surface area contributed by atoms with E-state index in [9.17, 15) is 0 Å². The van der Waals surface area contributed by atoms with Gasteiger partial charge in [-0.15, -0.1) is 0 Å². The van der Waals surface area contributed by atoms with Crippen molar-refractivity contribution in [2.75, 3.05) is 0 Å². The molecule has 0 amide bonds. The Morgan fingerprint density at radius 2 is 2.36 bits per heavy atom. The van der Waals surface area contributed by atoms with Crippen LogP contribution in [-0.4, -0.2) is 9.38 Å². The molecule has 0 fully saturated rings. The fourth-order valence-corrected chi connectivity index (χ4v) is 2.55. The van der Waals surface area contributed by atoms with Gasteiger partial charge in [-0.25, -0.2) is 4.98 Å². The van der Waals surface area contributed by atoms with Crippen molar-refractivity contribution in [3.8, 4) is 0 Å². The van der Waals surface area contributed by atoms with Crippen LogP contribution >= 0.6 is 38.5 Å². The van der Waals surface area contributed by atoms with Crippen molar-refractivity contribution in [2.45, 2.75) is 0 Å². The standard InChI is InChI=1S/C7H4BrIN2/c8-6-3-5(9)4-11-2-1-10-7(6)11/h1-4H. The molecule has 56 valence electrons. The Bertz CT molecular complexity index is 396. The number of halogens is 2. The van der Waals surface area contributed by atoms with Gasteiger partial charge in [0.2, 0.25) is 0 Å². The van der Waals surface area contributed by atoms with Crippen molar-refractivity contribution in [3.05, 3.63) is 32.7 Å². The fraction of sp³-hybridized carbons (Fsp3) is 0. The molecule has 0 aromatic carbocycles. The Morgan fingerprint density at radius 1 is 1.55 bits per heavy atom. The molecular weight excluding hydrogens is 319 g/mol. The molecule has 11 heavy (non-hydrogen) atoms. The molecule has 0 radical (unpaired) electrons. The number of hydrogen-bond donors (Lipinski definition) is 0. The minimum absolute atomic E-state index is 0.963. The molecule has 0 saturated carbocycles. The summed E-state index contributed by atoms with van der Waals surface area (Å²) in [6.07, 6.45) is 5.76. The summed E-state index contributed by atoms with van der Waals surface area (Å²) in [7, 11) is 0. The lowest BCUT2D eigenvalue weighted by atomic mass is 10.5. The maximum Gasteiger partial charge on any atom is 0.151 e. The number of aromatic nitrogens is 2. The number of fused-ring (bicyclic) bond motifs is 1. The van der Waals surface area contributed by atoms with E-state index in [4.69, 9.17) is 0 Å². The van der Waals surface area contributed by atoms with Gasteiger partial charge < -0.3 is 4.40 Å². The molecule has 0 aliphatic heterocycles. The van der Waals surface area contributed by atoms with E-state index in [1.54, 1.807) is 6.20 Å². The monoisotopic (exact) mass is 322 g/mol. The van der Waals surface area contributed by atoms with Crippen molar-refractivity contribution in [3.63, 3.8) is 0 Å². The highest BCUT2D eigenvalue weighted by molar-refractivity contribution is 14.1. The summed E-state index contributed by atoms with van der Waals surface area (Å²) in [6, 6.07) is 2.04. The summed E-state index contributed by atoms with van der Waals surface area (Å²) < 4.78 is 4.22. The van der Waals surface area contributed by atoms with Gasteiger partial charge >= 0.3 is 0 Å². The molecule has 0 N–H and O–H groups in total. The smallest absolute Gasteiger partial charge is 0.151 e. The largest absolute Gasteiger partial charge is 0.305 e. The summed E-state index contributed by atoms with van der Waals surface area (Å²) >= 11 is 5.71. The van der Waals surface area contributed by atoms with Crippen LogP contribution in [0, 0.1) is 3.57 Å². The molecule has 0 unspecified atom stereocenters. The Morgan fingerprint density at radius 3 is 3.18 bits per heavy atom. The number of pyridine rings is 1. The van der Waals surface area contributed by atoms with Gasteiger partial charge in [0.05, 0.1) is 4.47 Å². The van der Waals surface area contributed by atoms with Crippen LogP contribution in [0.3, 0.4) is 0 Å². The van der Waals surface area contributed by atoms with Gasteiger partial charge in [-0.2, -0.15) is 0 Å². The summed E-state index contributed by atoms with van der Waals surface area (Å²) in [5.74, 6) is 0. The molecule has 0 spiro atoms. The van der Waals surface area contributed by atoms with Crippen molar-refractivity contribution >= 4 is 44.2 Å². The lowest BCUT2D eigenvalue weighted by Gasteiger charge is -1.96. The zero-order valence-electron chi connectivity index (χ0n) is 5.46. The zero-order valence-corrected chi connectivity index (χ0v) is 9.20. The van der Waals surface area contributed by atoms with Crippen LogP contribution in [0.25, 0.3) is 5.65 Å². The van der Waals surface area contributed by atoms with Gasteiger partial charge in [-0.1, -0.05) is 0 Å². The molecule has 0 saturated heterocycles. The molecule has 0 bridgehead atoms. The third kappa shape index (κ3) is 1.29. The van der Waals surface area contributed by atoms with Crippen molar-refractivity contribution < 1.29 is 0 Å². The summed E-state index contributed by atoms with van der Waals surface area (Å²) in [4.78, 5) is 4.17. The maximum absolute atomic E-state index is 4.17. The number of nitrogens with zero attached hydrogens (tertiary/aromatic N) is 2. The van der Waals surface area contributed by atoms with Crippen LogP contribution in [0.15, 0.2) is 29.1 Å². The van der Waals surface area contributed by atoms with Gasteiger partial charge in [0, 0.05) is 22.2 Å². The lowest BCUT2D eigenvalue weighted by molar-refractivity contribution is 1.16. The van der Waals surface area contributed by atoms with Crippen LogP contribution in [0.2, 0.25) is 0 Å². The molecule has 2 heterocycles. The number of hydrogen-bond acceptors (Lipinski definition) is 1. The lowest BCUT2D eigenvalue weighted by Crippen LogP contribution is -1.85. The Kier molecular flexibility index (Phi) is 1.88. The van der Waals surface area contributed by atoms with Crippen molar-refractivity contribution in [1.29, 1.82) is 0 Å². The highest BCUT2D eigenvalue weighted by atomic mass is 127. The second kappa shape index (κ2) is 2.75. The molecule has 2 aromatic heterocycles. The van der Waals surface area contributed by atoms with Crippen molar-refractivity contribution in [2.24, 2.45) is 0 Å². The van der Waals surface area contributed by atoms with E-state index in [0.717, 1.165) is 10.1 Å². The van der Waals surface area contributed by atoms with E-state index >= 15 is 0 Å². The van der Waals surface area contributed by atoms with Gasteiger partial charge in [-0.05, 0) is 44.6 Å². The van der Waals surface area contributed by atoms with E-state index in [2.05, 4.69) is 43.5 Å². The van der Waals surface area contributed by atoms with E-state index in [0.29, 0.717) is 0 Å². The predicted octanol–water partition coefficient (Wildman–Crippen LogP) is 2.70. The highest BCUT2D eigenvalue weighted by Gasteiger charge is 1.99. The summed E-state index contributed by atoms with van der Waals surface area (Å²) in [6.45, 7) is 0. The predicted molar refractivity (Wildman–Crippen MR) is 55.6 cm³/mol. The van der Waals surface area contributed by atoms with E-state index in [1.807, 2.05) is 22.9 Å². The van der Waals surface area contributed by atoms with Gasteiger partial charge in [0.1, 0.15) is 0 Å². The topological polar surface area (TPSA) is 17.3 Å². The van der Waals surface area contributed by atoms with E-state index < -0.39 is 0 Å². The Hall–Kier alpha value is -0.100. The fourth-order valence-electron chi connectivity index (χ4n) is 0.958. The SMILES string of the molecule is Brc1cc(I)cn2ccnc12. The van der Waals surface area contributed by atoms with Crippen LogP contribution in [0.1, 0.15) is 0 Å². The minimum atomic E-state index is 0.963. The quantitative estimate of drug-likeness (QED) is 0.682. The van der Waals surface area contributed by atoms with E-state index in [1.165, 1.54) is 3.57 Å². The van der Waals surface area contributed by atoms with Gasteiger partial charge in [0.25, 0.3) is 0 Å². The molecule has 2 rings (SSSR count). The molecule has 0 aliphatic carbocycles. The first kappa shape index (κ1) is 7.54. The molecule has 0 atom stereocenters. The average Bonchev–Trinajstić information content (AvgIpc) is 2.34. The first-order valence-corrected chi connectivity index (χ1v) is 4.92. The third-order valence-electron chi connectivity index (χ3n) is 1.41. The normalized spacial score (nSPS) is 10.7. The first-order chi connectivity index (χ1) is 5.27. The van der Waals surface area contributed by atoms with Gasteiger partial charge in [0.15, 0.2) is 5.65 Å². The second-order valence-electron chi connectivity index (χ2n) is 2.16. The third-order valence-corrected chi connectivity index (χ3v) is 2.58. The molecule has 0 aliphatic rings. The van der Waals surface area contributed by atoms with Crippen LogP contribution < -0.4 is 0 Å². The van der Waals surface area contributed by atoms with Gasteiger partial charge in [-0.3, -0.25) is 0 Å². The number of imidazole rings is 1. The van der Waals surface area contributed by atoms with E-state index in [-0.39, 0.29) is 0 Å². The number of rotatable bonds is 0. The van der Waals surface area contributed by atoms with Crippen LogP contribution in [0.5, 0.6) is 0 Å². The molecule has 4 heteroatoms. The average molecular weight is 323 g/mol. The molecule has 2 nitrogen and oxygen atoms in total. The summed E-state index contributed by atoms with van der Waals surface area (Å²) in [5.41, 5.74) is 0.963. The Labute approximate surface area is 85.9 Å². The minimum Gasteiger partial charge on any atom is -0.305 e. The maximum atomic E-state index is 4.17. The molecule has 2 aromatic rings. The highest BCUT2D eigenvalue weighted by Crippen LogP contribution is 2.18. The zero-order chi connectivity index (χ0) is 7.84. The second-order valence-corrected chi connectivity index (χ2v) is 4.26. The van der Waals surface area contributed by atoms with Crippen LogP contribution in [-0.2, 0) is 0 Å². The van der Waals surface area contributed by atoms with Crippen LogP contribution in [0.4, 0.5) is 0 Å².